The van der Waals surface area contributed by atoms with Crippen LogP contribution in [-0.4, -0.2) is 4.37 Å². The van der Waals surface area contributed by atoms with Crippen LogP contribution in [0.3, 0.4) is 0 Å². The smallest absolute Gasteiger partial charge is 0.258 e. The molecule has 2 heterocycles. The molecule has 0 aliphatic carbocycles. The number of benzene rings is 3. The highest BCUT2D eigenvalue weighted by Gasteiger charge is 2.22. The maximum atomic E-state index is 11.5. The van der Waals surface area contributed by atoms with Gasteiger partial charge in [0.2, 0.25) is 0 Å². The summed E-state index contributed by atoms with van der Waals surface area (Å²) in [4.78, 5) is 12.4. The van der Waals surface area contributed by atoms with Gasteiger partial charge >= 0.3 is 0 Å². The third kappa shape index (κ3) is 3.48. The van der Waals surface area contributed by atoms with Crippen molar-refractivity contribution in [1.82, 2.24) is 4.37 Å². The second-order valence-electron chi connectivity index (χ2n) is 7.94. The van der Waals surface area contributed by atoms with Gasteiger partial charge in [0.05, 0.1) is 4.88 Å². The SMILES string of the molecule is Cc1cccc(C)c1-c1cccc(C2CCc3cc(-c4cc(=O)[nH]s4)ccc3O2)c1. The van der Waals surface area contributed by atoms with Crippen molar-refractivity contribution in [2.75, 3.05) is 0 Å². The van der Waals surface area contributed by atoms with E-state index in [4.69, 9.17) is 4.74 Å². The first-order chi connectivity index (χ1) is 14.6. The second-order valence-corrected chi connectivity index (χ2v) is 8.78. The lowest BCUT2D eigenvalue weighted by atomic mass is 9.91. The molecule has 5 rings (SSSR count). The second kappa shape index (κ2) is 7.62. The zero-order chi connectivity index (χ0) is 20.7. The Labute approximate surface area is 180 Å². The van der Waals surface area contributed by atoms with Crippen LogP contribution in [0.2, 0.25) is 0 Å². The van der Waals surface area contributed by atoms with E-state index in [0.717, 1.165) is 29.0 Å². The molecule has 1 aliphatic rings. The van der Waals surface area contributed by atoms with Gasteiger partial charge in [0, 0.05) is 6.07 Å². The lowest BCUT2D eigenvalue weighted by Gasteiger charge is -2.27. The topological polar surface area (TPSA) is 42.1 Å². The van der Waals surface area contributed by atoms with Crippen molar-refractivity contribution < 1.29 is 4.74 Å². The van der Waals surface area contributed by atoms with E-state index in [0.29, 0.717) is 0 Å². The van der Waals surface area contributed by atoms with Crippen molar-refractivity contribution in [2.24, 2.45) is 0 Å². The Hall–Kier alpha value is -3.11. The molecule has 1 aliphatic heterocycles. The van der Waals surface area contributed by atoms with Crippen LogP contribution in [0.5, 0.6) is 5.75 Å². The minimum Gasteiger partial charge on any atom is -0.485 e. The van der Waals surface area contributed by atoms with Gasteiger partial charge in [0.15, 0.2) is 0 Å². The molecule has 150 valence electrons. The average molecular weight is 414 g/mol. The molecule has 1 aromatic heterocycles. The summed E-state index contributed by atoms with van der Waals surface area (Å²) in [6, 6.07) is 23.1. The molecule has 0 saturated carbocycles. The quantitative estimate of drug-likeness (QED) is 0.419. The summed E-state index contributed by atoms with van der Waals surface area (Å²) >= 11 is 1.37. The van der Waals surface area contributed by atoms with E-state index >= 15 is 0 Å². The zero-order valence-corrected chi connectivity index (χ0v) is 17.9. The molecule has 1 atom stereocenters. The number of aromatic nitrogens is 1. The molecule has 3 nitrogen and oxygen atoms in total. The fourth-order valence-electron chi connectivity index (χ4n) is 4.37. The van der Waals surface area contributed by atoms with Crippen molar-refractivity contribution >= 4 is 11.5 Å². The number of ether oxygens (including phenoxy) is 1. The van der Waals surface area contributed by atoms with E-state index in [1.807, 2.05) is 12.1 Å². The Balaban J connectivity index is 1.43. The number of aromatic amines is 1. The molecule has 0 bridgehead atoms. The molecule has 4 heteroatoms. The number of aryl methyl sites for hydroxylation is 3. The molecule has 0 amide bonds. The van der Waals surface area contributed by atoms with Gasteiger partial charge in [-0.2, -0.15) is 0 Å². The largest absolute Gasteiger partial charge is 0.485 e. The Bertz CT molecular complexity index is 1260. The number of nitrogens with one attached hydrogen (secondary N) is 1. The van der Waals surface area contributed by atoms with Crippen LogP contribution in [0, 0.1) is 13.8 Å². The van der Waals surface area contributed by atoms with E-state index in [1.165, 1.54) is 44.9 Å². The highest BCUT2D eigenvalue weighted by atomic mass is 32.1. The number of hydrogen-bond acceptors (Lipinski definition) is 3. The number of fused-ring (bicyclic) bond motifs is 1. The summed E-state index contributed by atoms with van der Waals surface area (Å²) in [6.07, 6.45) is 1.95. The molecule has 3 aromatic carbocycles. The fraction of sp³-hybridized carbons (Fsp3) is 0.192. The van der Waals surface area contributed by atoms with Crippen molar-refractivity contribution in [1.29, 1.82) is 0 Å². The van der Waals surface area contributed by atoms with Crippen molar-refractivity contribution in [2.45, 2.75) is 32.8 Å². The Morgan fingerprint density at radius 1 is 0.933 bits per heavy atom. The van der Waals surface area contributed by atoms with E-state index in [9.17, 15) is 4.79 Å². The molecule has 0 spiro atoms. The Morgan fingerprint density at radius 3 is 2.50 bits per heavy atom. The maximum Gasteiger partial charge on any atom is 0.258 e. The van der Waals surface area contributed by atoms with Gasteiger partial charge in [-0.15, -0.1) is 0 Å². The predicted octanol–water partition coefficient (Wildman–Crippen LogP) is 6.45. The van der Waals surface area contributed by atoms with Crippen LogP contribution in [0.1, 0.15) is 34.8 Å². The molecule has 4 aromatic rings. The summed E-state index contributed by atoms with van der Waals surface area (Å²) in [6.45, 7) is 4.34. The van der Waals surface area contributed by atoms with E-state index < -0.39 is 0 Å². The molecule has 0 fully saturated rings. The zero-order valence-electron chi connectivity index (χ0n) is 17.1. The number of rotatable bonds is 3. The maximum absolute atomic E-state index is 11.5. The summed E-state index contributed by atoms with van der Waals surface area (Å²) < 4.78 is 9.16. The average Bonchev–Trinajstić information content (AvgIpc) is 3.19. The third-order valence-electron chi connectivity index (χ3n) is 5.84. The van der Waals surface area contributed by atoms with Crippen LogP contribution >= 0.6 is 11.5 Å². The summed E-state index contributed by atoms with van der Waals surface area (Å²) in [7, 11) is 0. The summed E-state index contributed by atoms with van der Waals surface area (Å²) in [5.41, 5.74) is 8.58. The van der Waals surface area contributed by atoms with E-state index in [2.05, 4.69) is 66.8 Å². The first kappa shape index (κ1) is 18.9. The number of H-pyrrole nitrogens is 1. The van der Waals surface area contributed by atoms with Gasteiger partial charge < -0.3 is 4.74 Å². The third-order valence-corrected chi connectivity index (χ3v) is 6.72. The molecule has 0 radical (unpaired) electrons. The summed E-state index contributed by atoms with van der Waals surface area (Å²) in [5.74, 6) is 0.940. The lowest BCUT2D eigenvalue weighted by molar-refractivity contribution is 0.177. The van der Waals surface area contributed by atoms with Gasteiger partial charge in [-0.05, 0) is 89.9 Å². The van der Waals surface area contributed by atoms with E-state index in [1.54, 1.807) is 6.07 Å². The Kier molecular flexibility index (Phi) is 4.80. The molecule has 1 N–H and O–H groups in total. The minimum atomic E-state index is -0.0483. The first-order valence-corrected chi connectivity index (χ1v) is 11.0. The van der Waals surface area contributed by atoms with Gasteiger partial charge in [-0.3, -0.25) is 9.17 Å². The van der Waals surface area contributed by atoms with Crippen molar-refractivity contribution in [3.63, 3.8) is 0 Å². The van der Waals surface area contributed by atoms with Gasteiger partial charge in [-0.1, -0.05) is 47.9 Å². The molecule has 0 saturated heterocycles. The van der Waals surface area contributed by atoms with Crippen molar-refractivity contribution in [3.05, 3.63) is 99.3 Å². The van der Waals surface area contributed by atoms with Gasteiger partial charge in [0.25, 0.3) is 5.56 Å². The van der Waals surface area contributed by atoms with Crippen LogP contribution < -0.4 is 10.3 Å². The Morgan fingerprint density at radius 2 is 1.73 bits per heavy atom. The van der Waals surface area contributed by atoms with Crippen LogP contribution in [0.4, 0.5) is 0 Å². The van der Waals surface area contributed by atoms with Gasteiger partial charge in [-0.25, -0.2) is 0 Å². The van der Waals surface area contributed by atoms with Crippen LogP contribution in [0.25, 0.3) is 21.6 Å². The monoisotopic (exact) mass is 413 g/mol. The standard InChI is InChI=1S/C26H23NO2S/c1-16-5-3-6-17(2)26(16)21-8-4-7-18(14-21)22-11-9-19-13-20(10-12-23(19)29-22)24-15-25(28)27-30-24/h3-8,10,12-15,22H,9,11H2,1-2H3,(H,27,28). The first-order valence-electron chi connectivity index (χ1n) is 10.2. The normalized spacial score (nSPS) is 15.5. The highest BCUT2D eigenvalue weighted by molar-refractivity contribution is 7.09. The van der Waals surface area contributed by atoms with E-state index in [-0.39, 0.29) is 11.7 Å². The predicted molar refractivity (Wildman–Crippen MR) is 123 cm³/mol. The lowest BCUT2D eigenvalue weighted by Crippen LogP contribution is -2.15. The van der Waals surface area contributed by atoms with Crippen molar-refractivity contribution in [3.8, 4) is 27.3 Å². The molecule has 1 unspecified atom stereocenters. The minimum absolute atomic E-state index is 0.0483. The number of hydrogen-bond donors (Lipinski definition) is 1. The summed E-state index contributed by atoms with van der Waals surface area (Å²) in [5, 5.41) is 0. The highest BCUT2D eigenvalue weighted by Crippen LogP contribution is 2.38. The van der Waals surface area contributed by atoms with Crippen LogP contribution in [-0.2, 0) is 6.42 Å². The molecular weight excluding hydrogens is 390 g/mol. The molecular formula is C26H23NO2S. The van der Waals surface area contributed by atoms with Crippen LogP contribution in [0.15, 0.2) is 71.5 Å². The molecule has 30 heavy (non-hydrogen) atoms. The van der Waals surface area contributed by atoms with Gasteiger partial charge in [0.1, 0.15) is 11.9 Å². The fourth-order valence-corrected chi connectivity index (χ4v) is 5.05.